The predicted molar refractivity (Wildman–Crippen MR) is 89.1 cm³/mol. The second kappa shape index (κ2) is 6.48. The van der Waals surface area contributed by atoms with Crippen LogP contribution >= 0.6 is 12.4 Å². The van der Waals surface area contributed by atoms with Crippen molar-refractivity contribution in [1.82, 2.24) is 5.32 Å². The molecule has 0 aliphatic heterocycles. The van der Waals surface area contributed by atoms with Crippen LogP contribution in [0.2, 0.25) is 0 Å². The maximum absolute atomic E-state index is 10.2. The molecule has 2 N–H and O–H groups in total. The average molecular weight is 306 g/mol. The highest BCUT2D eigenvalue weighted by Crippen LogP contribution is 2.30. The average Bonchev–Trinajstić information content (AvgIpc) is 2.89. The van der Waals surface area contributed by atoms with E-state index in [4.69, 9.17) is 4.42 Å². The minimum atomic E-state index is -0.622. The lowest BCUT2D eigenvalue weighted by Crippen LogP contribution is -2.27. The standard InChI is InChI=1S/C17H19NO2.ClH/c1-11(2)18-10-15(19)16-9-13-8-7-12-5-3-4-6-14(12)17(13)20-16;/h3-9,11,15,18-19H,10H2,1-2H3;1H. The lowest BCUT2D eigenvalue weighted by molar-refractivity contribution is 0.147. The lowest BCUT2D eigenvalue weighted by atomic mass is 10.1. The topological polar surface area (TPSA) is 45.4 Å². The van der Waals surface area contributed by atoms with Crippen LogP contribution in [-0.2, 0) is 0 Å². The molecular weight excluding hydrogens is 286 g/mol. The Morgan fingerprint density at radius 3 is 2.57 bits per heavy atom. The molecule has 4 heteroatoms. The quantitative estimate of drug-likeness (QED) is 0.764. The monoisotopic (exact) mass is 305 g/mol. The summed E-state index contributed by atoms with van der Waals surface area (Å²) in [6.07, 6.45) is -0.622. The highest BCUT2D eigenvalue weighted by molar-refractivity contribution is 6.04. The molecule has 0 saturated heterocycles. The van der Waals surface area contributed by atoms with Crippen molar-refractivity contribution in [3.05, 3.63) is 48.2 Å². The Hall–Kier alpha value is -1.55. The van der Waals surface area contributed by atoms with Crippen molar-refractivity contribution in [2.75, 3.05) is 6.54 Å². The maximum Gasteiger partial charge on any atom is 0.142 e. The number of furan rings is 1. The van der Waals surface area contributed by atoms with Gasteiger partial charge in [-0.05, 0) is 11.5 Å². The fourth-order valence-corrected chi connectivity index (χ4v) is 2.40. The van der Waals surface area contributed by atoms with Crippen LogP contribution in [0.5, 0.6) is 0 Å². The zero-order chi connectivity index (χ0) is 14.1. The molecule has 21 heavy (non-hydrogen) atoms. The number of benzene rings is 2. The molecule has 0 saturated carbocycles. The predicted octanol–water partition coefficient (Wildman–Crippen LogP) is 4.04. The maximum atomic E-state index is 10.2. The largest absolute Gasteiger partial charge is 0.458 e. The van der Waals surface area contributed by atoms with Crippen LogP contribution in [0, 0.1) is 0 Å². The van der Waals surface area contributed by atoms with E-state index in [2.05, 4.69) is 31.3 Å². The summed E-state index contributed by atoms with van der Waals surface area (Å²) < 4.78 is 5.89. The Kier molecular flexibility index (Phi) is 4.88. The van der Waals surface area contributed by atoms with E-state index in [1.807, 2.05) is 30.3 Å². The van der Waals surface area contributed by atoms with Crippen molar-refractivity contribution < 1.29 is 9.52 Å². The Morgan fingerprint density at radius 1 is 1.10 bits per heavy atom. The fourth-order valence-electron chi connectivity index (χ4n) is 2.40. The summed E-state index contributed by atoms with van der Waals surface area (Å²) in [5.41, 5.74) is 0.849. The SMILES string of the molecule is CC(C)NCC(O)c1cc2ccc3ccccc3c2o1.Cl. The van der Waals surface area contributed by atoms with Crippen LogP contribution in [0.15, 0.2) is 46.9 Å². The molecule has 0 aliphatic carbocycles. The van der Waals surface area contributed by atoms with E-state index in [0.29, 0.717) is 18.3 Å². The Labute approximate surface area is 130 Å². The van der Waals surface area contributed by atoms with Crippen LogP contribution in [-0.4, -0.2) is 17.7 Å². The summed E-state index contributed by atoms with van der Waals surface area (Å²) >= 11 is 0. The number of rotatable bonds is 4. The van der Waals surface area contributed by atoms with Gasteiger partial charge in [0.2, 0.25) is 0 Å². The van der Waals surface area contributed by atoms with E-state index >= 15 is 0 Å². The third-order valence-electron chi connectivity index (χ3n) is 3.48. The molecule has 0 spiro atoms. The molecule has 1 heterocycles. The van der Waals surface area contributed by atoms with Gasteiger partial charge in [0.25, 0.3) is 0 Å². The van der Waals surface area contributed by atoms with Gasteiger partial charge in [-0.3, -0.25) is 0 Å². The normalized spacial score (nSPS) is 12.8. The van der Waals surface area contributed by atoms with Crippen LogP contribution in [0.25, 0.3) is 21.7 Å². The molecule has 0 radical (unpaired) electrons. The number of aliphatic hydroxyl groups is 1. The number of nitrogens with one attached hydrogen (secondary N) is 1. The smallest absolute Gasteiger partial charge is 0.142 e. The van der Waals surface area contributed by atoms with Gasteiger partial charge in [-0.1, -0.05) is 50.2 Å². The highest BCUT2D eigenvalue weighted by atomic mass is 35.5. The van der Waals surface area contributed by atoms with E-state index in [1.165, 1.54) is 0 Å². The molecule has 3 nitrogen and oxygen atoms in total. The summed E-state index contributed by atoms with van der Waals surface area (Å²) in [5.74, 6) is 0.615. The van der Waals surface area contributed by atoms with Gasteiger partial charge in [-0.15, -0.1) is 12.4 Å². The first-order chi connectivity index (χ1) is 9.65. The summed E-state index contributed by atoms with van der Waals surface area (Å²) in [6, 6.07) is 14.5. The van der Waals surface area contributed by atoms with E-state index in [0.717, 1.165) is 21.7 Å². The molecule has 2 aromatic carbocycles. The van der Waals surface area contributed by atoms with Crippen molar-refractivity contribution >= 4 is 34.1 Å². The summed E-state index contributed by atoms with van der Waals surface area (Å²) in [7, 11) is 0. The molecule has 0 aliphatic rings. The fraction of sp³-hybridized carbons (Fsp3) is 0.294. The third-order valence-corrected chi connectivity index (χ3v) is 3.48. The van der Waals surface area contributed by atoms with Gasteiger partial charge < -0.3 is 14.8 Å². The zero-order valence-corrected chi connectivity index (χ0v) is 13.0. The first-order valence-electron chi connectivity index (χ1n) is 6.98. The van der Waals surface area contributed by atoms with Gasteiger partial charge in [-0.2, -0.15) is 0 Å². The first-order valence-corrected chi connectivity index (χ1v) is 6.98. The molecular formula is C17H20ClNO2. The number of hydrogen-bond donors (Lipinski definition) is 2. The third kappa shape index (κ3) is 3.21. The number of hydrogen-bond acceptors (Lipinski definition) is 3. The van der Waals surface area contributed by atoms with Crippen LogP contribution in [0.3, 0.4) is 0 Å². The molecule has 0 bridgehead atoms. The Balaban J connectivity index is 0.00000161. The molecule has 112 valence electrons. The van der Waals surface area contributed by atoms with E-state index in [-0.39, 0.29) is 12.4 Å². The Morgan fingerprint density at radius 2 is 1.81 bits per heavy atom. The van der Waals surface area contributed by atoms with Gasteiger partial charge in [0.15, 0.2) is 0 Å². The molecule has 3 rings (SSSR count). The van der Waals surface area contributed by atoms with Crippen LogP contribution in [0.4, 0.5) is 0 Å². The van der Waals surface area contributed by atoms with Crippen molar-refractivity contribution in [1.29, 1.82) is 0 Å². The second-order valence-electron chi connectivity index (χ2n) is 5.43. The van der Waals surface area contributed by atoms with Crippen molar-refractivity contribution in [3.8, 4) is 0 Å². The van der Waals surface area contributed by atoms with E-state index in [1.54, 1.807) is 0 Å². The number of halogens is 1. The first kappa shape index (κ1) is 15.8. The summed E-state index contributed by atoms with van der Waals surface area (Å²) in [4.78, 5) is 0. The number of aliphatic hydroxyl groups excluding tert-OH is 1. The lowest BCUT2D eigenvalue weighted by Gasteiger charge is -2.11. The van der Waals surface area contributed by atoms with Crippen molar-refractivity contribution in [3.63, 3.8) is 0 Å². The van der Waals surface area contributed by atoms with Crippen molar-refractivity contribution in [2.24, 2.45) is 0 Å². The molecule has 1 atom stereocenters. The van der Waals surface area contributed by atoms with Crippen LogP contribution < -0.4 is 5.32 Å². The van der Waals surface area contributed by atoms with E-state index < -0.39 is 6.10 Å². The molecule has 1 unspecified atom stereocenters. The summed E-state index contributed by atoms with van der Waals surface area (Å²) in [6.45, 7) is 4.60. The van der Waals surface area contributed by atoms with Crippen LogP contribution in [0.1, 0.15) is 25.7 Å². The second-order valence-corrected chi connectivity index (χ2v) is 5.43. The van der Waals surface area contributed by atoms with Gasteiger partial charge >= 0.3 is 0 Å². The molecule has 1 aromatic heterocycles. The summed E-state index contributed by atoms with van der Waals surface area (Å²) in [5, 5.41) is 16.7. The van der Waals surface area contributed by atoms with Gasteiger partial charge in [0, 0.05) is 23.4 Å². The van der Waals surface area contributed by atoms with Gasteiger partial charge in [-0.25, -0.2) is 0 Å². The van der Waals surface area contributed by atoms with E-state index in [9.17, 15) is 5.11 Å². The molecule has 0 fully saturated rings. The van der Waals surface area contributed by atoms with Gasteiger partial charge in [0.05, 0.1) is 0 Å². The molecule has 3 aromatic rings. The zero-order valence-electron chi connectivity index (χ0n) is 12.2. The molecule has 0 amide bonds. The van der Waals surface area contributed by atoms with Gasteiger partial charge in [0.1, 0.15) is 17.4 Å². The van der Waals surface area contributed by atoms with Crippen molar-refractivity contribution in [2.45, 2.75) is 26.0 Å². The highest BCUT2D eigenvalue weighted by Gasteiger charge is 2.14. The minimum Gasteiger partial charge on any atom is -0.458 e. The Bertz CT molecular complexity index is 736. The number of fused-ring (bicyclic) bond motifs is 3. The minimum absolute atomic E-state index is 0.